The summed E-state index contributed by atoms with van der Waals surface area (Å²) in [5, 5.41) is 3.24. The first-order chi connectivity index (χ1) is 11.2. The Morgan fingerprint density at radius 2 is 1.83 bits per heavy atom. The molecule has 1 heterocycles. The molecule has 0 aromatic heterocycles. The molecule has 23 heavy (non-hydrogen) atoms. The number of aryl methyl sites for hydroxylation is 1. The average molecular weight is 314 g/mol. The number of nitrogens with one attached hydrogen (secondary N) is 1. The molecule has 5 nitrogen and oxygen atoms in total. The lowest BCUT2D eigenvalue weighted by atomic mass is 10.0. The summed E-state index contributed by atoms with van der Waals surface area (Å²) in [6, 6.07) is 10.4. The highest BCUT2D eigenvalue weighted by molar-refractivity contribution is 5.75. The largest absolute Gasteiger partial charge is 0.378 e. The smallest absolute Gasteiger partial charge is 0.253 e. The Bertz CT molecular complexity index is 714. The molecule has 0 bridgehead atoms. The zero-order valence-corrected chi connectivity index (χ0v) is 13.4. The van der Waals surface area contributed by atoms with Crippen LogP contribution in [-0.4, -0.2) is 32.3 Å². The van der Waals surface area contributed by atoms with Crippen molar-refractivity contribution in [2.45, 2.75) is 25.8 Å². The van der Waals surface area contributed by atoms with Gasteiger partial charge in [0, 0.05) is 19.1 Å². The minimum Gasteiger partial charge on any atom is -0.378 e. The van der Waals surface area contributed by atoms with Crippen LogP contribution in [0.15, 0.2) is 39.9 Å². The lowest BCUT2D eigenvalue weighted by molar-refractivity contribution is 0.122. The van der Waals surface area contributed by atoms with Crippen molar-refractivity contribution in [2.24, 2.45) is 0 Å². The maximum absolute atomic E-state index is 11.9. The Morgan fingerprint density at radius 1 is 1.13 bits per heavy atom. The van der Waals surface area contributed by atoms with Gasteiger partial charge in [-0.05, 0) is 25.3 Å². The number of ether oxygens (including phenoxy) is 1. The minimum absolute atomic E-state index is 0.137. The monoisotopic (exact) mass is 314 g/mol. The maximum Gasteiger partial charge on any atom is 0.253 e. The van der Waals surface area contributed by atoms with Gasteiger partial charge in [-0.1, -0.05) is 30.3 Å². The van der Waals surface area contributed by atoms with E-state index in [-0.39, 0.29) is 11.5 Å². The van der Waals surface area contributed by atoms with Gasteiger partial charge in [0.2, 0.25) is 0 Å². The third-order valence-corrected chi connectivity index (χ3v) is 4.31. The van der Waals surface area contributed by atoms with Crippen molar-refractivity contribution in [2.75, 3.05) is 36.5 Å². The highest BCUT2D eigenvalue weighted by Gasteiger charge is 2.27. The van der Waals surface area contributed by atoms with Crippen molar-refractivity contribution >= 4 is 11.4 Å². The molecule has 1 aliphatic heterocycles. The quantitative estimate of drug-likeness (QED) is 0.820. The van der Waals surface area contributed by atoms with Gasteiger partial charge in [-0.3, -0.25) is 9.59 Å². The molecule has 2 aromatic carbocycles. The molecule has 1 aliphatic rings. The second-order valence-electron chi connectivity index (χ2n) is 6.05. The first kappa shape index (κ1) is 15.7. The van der Waals surface area contributed by atoms with E-state index in [1.165, 1.54) is 5.56 Å². The summed E-state index contributed by atoms with van der Waals surface area (Å²) in [5.74, 6) is 0. The Kier molecular flexibility index (Phi) is 4.76. The fourth-order valence-corrected chi connectivity index (χ4v) is 2.95. The van der Waals surface area contributed by atoms with E-state index in [0.717, 1.165) is 12.8 Å². The molecule has 0 saturated carbocycles. The van der Waals surface area contributed by atoms with Gasteiger partial charge in [0.05, 0.1) is 13.2 Å². The van der Waals surface area contributed by atoms with Gasteiger partial charge in [-0.15, -0.1) is 0 Å². The van der Waals surface area contributed by atoms with Crippen molar-refractivity contribution in [3.05, 3.63) is 56.3 Å². The molecule has 1 N–H and O–H groups in total. The van der Waals surface area contributed by atoms with Gasteiger partial charge in [-0.25, -0.2) is 0 Å². The van der Waals surface area contributed by atoms with Crippen molar-refractivity contribution in [1.29, 1.82) is 0 Å². The number of nitrogens with zero attached hydrogens (tertiary/aromatic N) is 1. The second-order valence-corrected chi connectivity index (χ2v) is 6.05. The van der Waals surface area contributed by atoms with E-state index in [4.69, 9.17) is 4.74 Å². The first-order valence-electron chi connectivity index (χ1n) is 8.13. The first-order valence-corrected chi connectivity index (χ1v) is 8.13. The van der Waals surface area contributed by atoms with Crippen LogP contribution in [-0.2, 0) is 11.2 Å². The minimum atomic E-state index is -0.391. The van der Waals surface area contributed by atoms with Gasteiger partial charge in [0.25, 0.3) is 10.9 Å². The van der Waals surface area contributed by atoms with Crippen molar-refractivity contribution < 1.29 is 4.74 Å². The van der Waals surface area contributed by atoms with Crippen molar-refractivity contribution in [1.82, 2.24) is 0 Å². The van der Waals surface area contributed by atoms with Crippen molar-refractivity contribution in [3.63, 3.8) is 0 Å². The predicted molar refractivity (Wildman–Crippen MR) is 92.2 cm³/mol. The fraction of sp³-hybridized carbons (Fsp3) is 0.444. The summed E-state index contributed by atoms with van der Waals surface area (Å²) in [7, 11) is 0. The summed E-state index contributed by atoms with van der Waals surface area (Å²) < 4.78 is 5.30. The van der Waals surface area contributed by atoms with Crippen molar-refractivity contribution in [3.8, 4) is 0 Å². The van der Waals surface area contributed by atoms with Crippen LogP contribution in [0.5, 0.6) is 0 Å². The lowest BCUT2D eigenvalue weighted by Gasteiger charge is -2.31. The number of benzene rings is 1. The van der Waals surface area contributed by atoms with Crippen LogP contribution in [0.1, 0.15) is 18.9 Å². The standard InChI is InChI=1S/C18H22N2O3/c1-13(7-8-14-5-3-2-4-6-14)19-15-16(18(22)17(15)21)20-9-11-23-12-10-20/h2-6,13,19H,7-12H2,1H3/t13-/m1/s1. The van der Waals surface area contributed by atoms with E-state index >= 15 is 0 Å². The lowest BCUT2D eigenvalue weighted by Crippen LogP contribution is -2.47. The van der Waals surface area contributed by atoms with E-state index < -0.39 is 5.43 Å². The Hall–Kier alpha value is -2.14. The van der Waals surface area contributed by atoms with Gasteiger partial charge in [0.1, 0.15) is 11.4 Å². The summed E-state index contributed by atoms with van der Waals surface area (Å²) in [5.41, 5.74) is 1.55. The molecule has 2 aromatic rings. The summed E-state index contributed by atoms with van der Waals surface area (Å²) >= 11 is 0. The topological polar surface area (TPSA) is 58.6 Å². The van der Waals surface area contributed by atoms with Crippen LogP contribution in [0, 0.1) is 0 Å². The van der Waals surface area contributed by atoms with Crippen LogP contribution in [0.3, 0.4) is 0 Å². The molecule has 0 spiro atoms. The number of hydrogen-bond donors (Lipinski definition) is 1. The van der Waals surface area contributed by atoms with Gasteiger partial charge in [-0.2, -0.15) is 0 Å². The molecule has 0 unspecified atom stereocenters. The van der Waals surface area contributed by atoms with Gasteiger partial charge in [0.15, 0.2) is 0 Å². The Balaban J connectivity index is 1.62. The summed E-state index contributed by atoms with van der Waals surface area (Å²) in [4.78, 5) is 25.8. The van der Waals surface area contributed by atoms with E-state index in [2.05, 4.69) is 17.4 Å². The summed E-state index contributed by atoms with van der Waals surface area (Å²) in [6.45, 7) is 4.57. The van der Waals surface area contributed by atoms with Crippen LogP contribution in [0.2, 0.25) is 0 Å². The van der Waals surface area contributed by atoms with E-state index in [1.54, 1.807) is 0 Å². The highest BCUT2D eigenvalue weighted by atomic mass is 16.5. The zero-order valence-electron chi connectivity index (χ0n) is 13.4. The SMILES string of the molecule is C[C@H](CCc1ccccc1)Nc1c(N2CCOCC2)c(=O)c1=O. The second kappa shape index (κ2) is 6.96. The van der Waals surface area contributed by atoms with E-state index in [9.17, 15) is 9.59 Å². The molecule has 1 fully saturated rings. The predicted octanol–water partition coefficient (Wildman–Crippen LogP) is 1.55. The number of morpholine rings is 1. The van der Waals surface area contributed by atoms with Gasteiger partial charge < -0.3 is 15.0 Å². The molecule has 0 aliphatic carbocycles. The normalized spacial score (nSPS) is 16.5. The maximum atomic E-state index is 11.9. The Morgan fingerprint density at radius 3 is 2.52 bits per heavy atom. The van der Waals surface area contributed by atoms with Crippen LogP contribution in [0.4, 0.5) is 11.4 Å². The molecule has 3 rings (SSSR count). The molecule has 122 valence electrons. The molecule has 0 amide bonds. The molecule has 1 atom stereocenters. The Labute approximate surface area is 135 Å². The average Bonchev–Trinajstić information content (AvgIpc) is 2.61. The highest BCUT2D eigenvalue weighted by Crippen LogP contribution is 2.22. The van der Waals surface area contributed by atoms with E-state index in [0.29, 0.717) is 37.7 Å². The number of anilines is 2. The molecule has 1 saturated heterocycles. The third kappa shape index (κ3) is 3.45. The summed E-state index contributed by atoms with van der Waals surface area (Å²) in [6.07, 6.45) is 1.85. The van der Waals surface area contributed by atoms with Crippen LogP contribution in [0.25, 0.3) is 0 Å². The molecular formula is C18H22N2O3. The number of rotatable bonds is 6. The molecular weight excluding hydrogens is 292 g/mol. The van der Waals surface area contributed by atoms with Crippen LogP contribution >= 0.6 is 0 Å². The number of hydrogen-bond acceptors (Lipinski definition) is 5. The third-order valence-electron chi connectivity index (χ3n) is 4.31. The van der Waals surface area contributed by atoms with E-state index in [1.807, 2.05) is 30.0 Å². The fourth-order valence-electron chi connectivity index (χ4n) is 2.95. The molecule has 0 radical (unpaired) electrons. The van der Waals surface area contributed by atoms with Crippen LogP contribution < -0.4 is 21.1 Å². The van der Waals surface area contributed by atoms with Gasteiger partial charge >= 0.3 is 0 Å². The zero-order chi connectivity index (χ0) is 16.2. The molecule has 5 heteroatoms.